The Kier molecular flexibility index (Phi) is 9.74. The van der Waals surface area contributed by atoms with Crippen LogP contribution in [0.3, 0.4) is 0 Å². The van der Waals surface area contributed by atoms with Crippen LogP contribution in [0.5, 0.6) is 5.75 Å². The number of carbonyl (C=O) groups excluding carboxylic acids is 1. The predicted octanol–water partition coefficient (Wildman–Crippen LogP) is 6.52. The molecule has 3 aromatic carbocycles. The molecule has 0 radical (unpaired) electrons. The van der Waals surface area contributed by atoms with Crippen LogP contribution >= 0.6 is 11.6 Å². The molecule has 1 atom stereocenters. The van der Waals surface area contributed by atoms with E-state index in [1.165, 1.54) is 0 Å². The van der Waals surface area contributed by atoms with Gasteiger partial charge in [-0.1, -0.05) is 42.0 Å². The number of carbonyl (C=O) groups is 1. The Morgan fingerprint density at radius 2 is 1.95 bits per heavy atom. The number of rotatable bonds is 11. The van der Waals surface area contributed by atoms with Gasteiger partial charge in [0.2, 0.25) is 0 Å². The van der Waals surface area contributed by atoms with Crippen LogP contribution in [0.25, 0.3) is 6.08 Å². The molecule has 0 saturated carbocycles. The maximum atomic E-state index is 13.3. The molecule has 3 N–H and O–H groups in total. The van der Waals surface area contributed by atoms with Gasteiger partial charge < -0.3 is 25.3 Å². The number of halogens is 1. The lowest BCUT2D eigenvalue weighted by Crippen LogP contribution is -2.24. The number of nitrogens with two attached hydrogens (primary N) is 1. The molecule has 37 heavy (non-hydrogen) atoms. The van der Waals surface area contributed by atoms with Gasteiger partial charge >= 0.3 is 0 Å². The second-order valence-corrected chi connectivity index (χ2v) is 9.27. The number of para-hydroxylation sites is 1. The van der Waals surface area contributed by atoms with Crippen molar-refractivity contribution in [1.29, 1.82) is 0 Å². The molecule has 1 aliphatic rings. The zero-order valence-corrected chi connectivity index (χ0v) is 21.8. The first kappa shape index (κ1) is 26.9. The molecule has 1 heterocycles. The van der Waals surface area contributed by atoms with Gasteiger partial charge in [-0.3, -0.25) is 4.79 Å². The smallest absolute Gasteiger partial charge is 0.194 e. The van der Waals surface area contributed by atoms with E-state index in [4.69, 9.17) is 31.5 Å². The molecule has 6 nitrogen and oxygen atoms in total. The van der Waals surface area contributed by atoms with Crippen molar-refractivity contribution in [3.8, 4) is 5.75 Å². The SMILES string of the molecule is Cc1cc(OCCOC2CCCCO2)ccc1C(=O)c1ccc(Nc2ccccc2/C=C/CN)cc1Cl. The van der Waals surface area contributed by atoms with Gasteiger partial charge in [-0.05, 0) is 79.8 Å². The number of hydrogen-bond donors (Lipinski definition) is 2. The Balaban J connectivity index is 1.38. The van der Waals surface area contributed by atoms with Gasteiger partial charge in [0.05, 0.1) is 11.6 Å². The molecular weight excluding hydrogens is 488 g/mol. The highest BCUT2D eigenvalue weighted by Crippen LogP contribution is 2.29. The number of aryl methyl sites for hydroxylation is 1. The van der Waals surface area contributed by atoms with Crippen molar-refractivity contribution >= 4 is 34.8 Å². The number of ketones is 1. The Morgan fingerprint density at radius 1 is 1.11 bits per heavy atom. The third-order valence-electron chi connectivity index (χ3n) is 6.12. The average Bonchev–Trinajstić information content (AvgIpc) is 2.91. The maximum absolute atomic E-state index is 13.3. The molecule has 7 heteroatoms. The van der Waals surface area contributed by atoms with Crippen LogP contribution in [0.4, 0.5) is 11.4 Å². The van der Waals surface area contributed by atoms with Crippen molar-refractivity contribution < 1.29 is 19.0 Å². The first-order valence-corrected chi connectivity index (χ1v) is 13.0. The zero-order chi connectivity index (χ0) is 26.0. The zero-order valence-electron chi connectivity index (χ0n) is 21.0. The van der Waals surface area contributed by atoms with Gasteiger partial charge in [-0.25, -0.2) is 0 Å². The van der Waals surface area contributed by atoms with E-state index in [0.29, 0.717) is 41.7 Å². The van der Waals surface area contributed by atoms with E-state index in [2.05, 4.69) is 5.32 Å². The lowest BCUT2D eigenvalue weighted by atomic mass is 9.98. The molecule has 1 unspecified atom stereocenters. The monoisotopic (exact) mass is 520 g/mol. The summed E-state index contributed by atoms with van der Waals surface area (Å²) < 4.78 is 17.1. The summed E-state index contributed by atoms with van der Waals surface area (Å²) in [6.07, 6.45) is 6.88. The van der Waals surface area contributed by atoms with E-state index in [1.807, 2.05) is 55.5 Å². The fourth-order valence-corrected chi connectivity index (χ4v) is 4.46. The summed E-state index contributed by atoms with van der Waals surface area (Å²) in [5.74, 6) is 0.555. The van der Waals surface area contributed by atoms with Crippen LogP contribution in [0, 0.1) is 6.92 Å². The molecule has 194 valence electrons. The second-order valence-electron chi connectivity index (χ2n) is 8.87. The molecule has 1 saturated heterocycles. The predicted molar refractivity (Wildman–Crippen MR) is 149 cm³/mol. The highest BCUT2D eigenvalue weighted by Gasteiger charge is 2.17. The normalized spacial score (nSPS) is 15.6. The van der Waals surface area contributed by atoms with Crippen LogP contribution in [0.15, 0.2) is 66.7 Å². The first-order valence-electron chi connectivity index (χ1n) is 12.6. The number of anilines is 2. The molecule has 1 fully saturated rings. The largest absolute Gasteiger partial charge is 0.491 e. The minimum Gasteiger partial charge on any atom is -0.491 e. The van der Waals surface area contributed by atoms with Crippen LogP contribution in [-0.4, -0.2) is 38.4 Å². The van der Waals surface area contributed by atoms with Gasteiger partial charge in [0.15, 0.2) is 12.1 Å². The Labute approximate surface area is 223 Å². The summed E-state index contributed by atoms with van der Waals surface area (Å²) in [6.45, 7) is 3.98. The number of benzene rings is 3. The van der Waals surface area contributed by atoms with Crippen molar-refractivity contribution in [2.24, 2.45) is 5.73 Å². The Bertz CT molecular complexity index is 1240. The standard InChI is InChI=1S/C30H33ClN2O4/c1-21-19-24(35-17-18-37-29-10-4-5-16-36-29)12-14-25(21)30(34)26-13-11-23(20-27(26)31)33-28-9-3-2-7-22(28)8-6-15-32/h2-3,6-9,11-14,19-20,29,33H,4-5,10,15-18,32H2,1H3/b8-6+. The molecule has 0 aliphatic carbocycles. The van der Waals surface area contributed by atoms with Crippen LogP contribution in [0.1, 0.15) is 46.3 Å². The lowest BCUT2D eigenvalue weighted by Gasteiger charge is -2.22. The van der Waals surface area contributed by atoms with Gasteiger partial charge in [0.1, 0.15) is 12.4 Å². The quantitative estimate of drug-likeness (QED) is 0.221. The van der Waals surface area contributed by atoms with Crippen molar-refractivity contribution in [3.05, 3.63) is 94.0 Å². The topological polar surface area (TPSA) is 82.8 Å². The molecule has 0 bridgehead atoms. The summed E-state index contributed by atoms with van der Waals surface area (Å²) in [4.78, 5) is 13.3. The van der Waals surface area contributed by atoms with Crippen molar-refractivity contribution in [1.82, 2.24) is 0 Å². The van der Waals surface area contributed by atoms with Gasteiger partial charge in [0, 0.05) is 35.7 Å². The summed E-state index contributed by atoms with van der Waals surface area (Å²) in [6, 6.07) is 18.7. The summed E-state index contributed by atoms with van der Waals surface area (Å²) in [5.41, 5.74) is 10.2. The van der Waals surface area contributed by atoms with E-state index in [9.17, 15) is 4.79 Å². The van der Waals surface area contributed by atoms with Crippen molar-refractivity contribution in [3.63, 3.8) is 0 Å². The van der Waals surface area contributed by atoms with Gasteiger partial charge in [-0.2, -0.15) is 0 Å². The summed E-state index contributed by atoms with van der Waals surface area (Å²) in [5, 5.41) is 3.75. The molecule has 0 amide bonds. The van der Waals surface area contributed by atoms with Gasteiger partial charge in [-0.15, -0.1) is 0 Å². The fraction of sp³-hybridized carbons (Fsp3) is 0.300. The first-order chi connectivity index (χ1) is 18.0. The van der Waals surface area contributed by atoms with Crippen molar-refractivity contribution in [2.45, 2.75) is 32.5 Å². The van der Waals surface area contributed by atoms with Crippen molar-refractivity contribution in [2.75, 3.05) is 31.7 Å². The molecule has 0 spiro atoms. The van der Waals surface area contributed by atoms with E-state index in [0.717, 1.165) is 48.4 Å². The molecule has 1 aliphatic heterocycles. The van der Waals surface area contributed by atoms with Crippen LogP contribution in [0.2, 0.25) is 5.02 Å². The van der Waals surface area contributed by atoms with Crippen LogP contribution < -0.4 is 15.8 Å². The Morgan fingerprint density at radius 3 is 2.70 bits per heavy atom. The van der Waals surface area contributed by atoms with Gasteiger partial charge in [0.25, 0.3) is 0 Å². The molecule has 4 rings (SSSR count). The lowest BCUT2D eigenvalue weighted by molar-refractivity contribution is -0.165. The molecular formula is C30H33ClN2O4. The second kappa shape index (κ2) is 13.4. The third kappa shape index (κ3) is 7.43. The number of ether oxygens (including phenoxy) is 3. The third-order valence-corrected chi connectivity index (χ3v) is 6.44. The average molecular weight is 521 g/mol. The highest BCUT2D eigenvalue weighted by molar-refractivity contribution is 6.35. The number of hydrogen-bond acceptors (Lipinski definition) is 6. The maximum Gasteiger partial charge on any atom is 0.194 e. The minimum atomic E-state index is -0.135. The number of nitrogens with one attached hydrogen (secondary N) is 1. The minimum absolute atomic E-state index is 0.131. The summed E-state index contributed by atoms with van der Waals surface area (Å²) in [7, 11) is 0. The van der Waals surface area contributed by atoms with E-state index in [-0.39, 0.29) is 12.1 Å². The fourth-order valence-electron chi connectivity index (χ4n) is 4.19. The van der Waals surface area contributed by atoms with E-state index < -0.39 is 0 Å². The highest BCUT2D eigenvalue weighted by atomic mass is 35.5. The van der Waals surface area contributed by atoms with Crippen LogP contribution in [-0.2, 0) is 9.47 Å². The summed E-state index contributed by atoms with van der Waals surface area (Å²) >= 11 is 6.56. The van der Waals surface area contributed by atoms with E-state index >= 15 is 0 Å². The Hall–Kier alpha value is -3.16. The van der Waals surface area contributed by atoms with E-state index in [1.54, 1.807) is 24.3 Å². The molecule has 0 aromatic heterocycles. The molecule has 3 aromatic rings.